The number of hydrogen-bond donors (Lipinski definition) is 2. The third kappa shape index (κ3) is 5.09. The molecule has 1 amide bonds. The van der Waals surface area contributed by atoms with Crippen molar-refractivity contribution in [1.82, 2.24) is 0 Å². The molecule has 104 valence electrons. The maximum Gasteiger partial charge on any atom is 0.250 e. The molecule has 0 saturated carbocycles. The minimum Gasteiger partial charge on any atom is -0.411 e. The van der Waals surface area contributed by atoms with E-state index < -0.39 is 0 Å². The van der Waals surface area contributed by atoms with Crippen LogP contribution in [0.3, 0.4) is 0 Å². The number of amides is 1. The summed E-state index contributed by atoms with van der Waals surface area (Å²) in [6, 6.07) is 7.13. The van der Waals surface area contributed by atoms with E-state index in [-0.39, 0.29) is 18.1 Å². The molecule has 19 heavy (non-hydrogen) atoms. The van der Waals surface area contributed by atoms with Gasteiger partial charge in [0.2, 0.25) is 5.91 Å². The molecule has 0 unspecified atom stereocenters. The number of carbonyl (C=O) groups is 1. The average molecular weight is 264 g/mol. The van der Waals surface area contributed by atoms with Crippen molar-refractivity contribution >= 4 is 17.3 Å². The van der Waals surface area contributed by atoms with Gasteiger partial charge in [-0.1, -0.05) is 23.4 Å². The van der Waals surface area contributed by atoms with Crippen LogP contribution in [0.15, 0.2) is 29.4 Å². The van der Waals surface area contributed by atoms with Gasteiger partial charge in [0, 0.05) is 11.3 Å². The normalized spacial score (nSPS) is 12.3. The standard InChI is InChI=1S/C14H20N2O3/c1-10(16-18)11-7-5-6-8-12(11)15-13(17)9-19-14(2,3)4/h5-8,18H,9H2,1-4H3,(H,15,17)/b16-10-. The predicted molar refractivity (Wildman–Crippen MR) is 74.8 cm³/mol. The highest BCUT2D eigenvalue weighted by Crippen LogP contribution is 2.16. The number of para-hydroxylation sites is 1. The summed E-state index contributed by atoms with van der Waals surface area (Å²) < 4.78 is 5.40. The van der Waals surface area contributed by atoms with E-state index in [1.807, 2.05) is 26.8 Å². The van der Waals surface area contributed by atoms with Crippen LogP contribution in [0.2, 0.25) is 0 Å². The largest absolute Gasteiger partial charge is 0.411 e. The van der Waals surface area contributed by atoms with E-state index in [1.54, 1.807) is 25.1 Å². The van der Waals surface area contributed by atoms with E-state index in [0.29, 0.717) is 17.0 Å². The van der Waals surface area contributed by atoms with Crippen molar-refractivity contribution in [2.45, 2.75) is 33.3 Å². The van der Waals surface area contributed by atoms with Gasteiger partial charge in [-0.05, 0) is 33.8 Å². The first kappa shape index (κ1) is 15.2. The smallest absolute Gasteiger partial charge is 0.250 e. The highest BCUT2D eigenvalue weighted by molar-refractivity contribution is 6.06. The Balaban J connectivity index is 2.75. The maximum atomic E-state index is 11.8. The van der Waals surface area contributed by atoms with Crippen LogP contribution in [-0.4, -0.2) is 29.0 Å². The lowest BCUT2D eigenvalue weighted by Crippen LogP contribution is -2.27. The zero-order valence-corrected chi connectivity index (χ0v) is 11.7. The van der Waals surface area contributed by atoms with Crippen LogP contribution in [0.25, 0.3) is 0 Å². The Kier molecular flexibility index (Phi) is 5.06. The van der Waals surface area contributed by atoms with Crippen molar-refractivity contribution in [1.29, 1.82) is 0 Å². The molecule has 0 spiro atoms. The summed E-state index contributed by atoms with van der Waals surface area (Å²) in [5.41, 5.74) is 1.35. The monoisotopic (exact) mass is 264 g/mol. The molecule has 0 bridgehead atoms. The fourth-order valence-corrected chi connectivity index (χ4v) is 1.43. The molecule has 1 rings (SSSR count). The van der Waals surface area contributed by atoms with Gasteiger partial charge in [-0.3, -0.25) is 4.79 Å². The van der Waals surface area contributed by atoms with Gasteiger partial charge >= 0.3 is 0 Å². The number of ether oxygens (including phenoxy) is 1. The van der Waals surface area contributed by atoms with E-state index in [2.05, 4.69) is 10.5 Å². The molecular weight excluding hydrogens is 244 g/mol. The Morgan fingerprint density at radius 3 is 2.58 bits per heavy atom. The van der Waals surface area contributed by atoms with Crippen molar-refractivity contribution in [3.63, 3.8) is 0 Å². The molecule has 0 aromatic heterocycles. The SMILES string of the molecule is C/C(=N/O)c1ccccc1NC(=O)COC(C)(C)C. The summed E-state index contributed by atoms with van der Waals surface area (Å²) >= 11 is 0. The zero-order valence-electron chi connectivity index (χ0n) is 11.7. The van der Waals surface area contributed by atoms with Crippen molar-refractivity contribution in [2.24, 2.45) is 5.16 Å². The summed E-state index contributed by atoms with van der Waals surface area (Å²) in [6.45, 7) is 7.30. The van der Waals surface area contributed by atoms with Crippen LogP contribution >= 0.6 is 0 Å². The first-order chi connectivity index (χ1) is 8.83. The summed E-state index contributed by atoms with van der Waals surface area (Å²) in [7, 11) is 0. The van der Waals surface area contributed by atoms with Gasteiger partial charge in [0.25, 0.3) is 0 Å². The number of benzene rings is 1. The fourth-order valence-electron chi connectivity index (χ4n) is 1.43. The van der Waals surface area contributed by atoms with Crippen LogP contribution in [0.5, 0.6) is 0 Å². The van der Waals surface area contributed by atoms with Gasteiger partial charge in [-0.15, -0.1) is 0 Å². The molecule has 0 saturated heterocycles. The summed E-state index contributed by atoms with van der Waals surface area (Å²) in [4.78, 5) is 11.8. The Bertz CT molecular complexity index is 476. The lowest BCUT2D eigenvalue weighted by atomic mass is 10.1. The first-order valence-electron chi connectivity index (χ1n) is 6.05. The van der Waals surface area contributed by atoms with E-state index in [9.17, 15) is 4.79 Å². The average Bonchev–Trinajstić information content (AvgIpc) is 2.35. The molecular formula is C14H20N2O3. The van der Waals surface area contributed by atoms with Gasteiger partial charge in [0.15, 0.2) is 0 Å². The number of rotatable bonds is 4. The van der Waals surface area contributed by atoms with Crippen LogP contribution in [-0.2, 0) is 9.53 Å². The minimum atomic E-state index is -0.362. The van der Waals surface area contributed by atoms with E-state index in [0.717, 1.165) is 0 Å². The maximum absolute atomic E-state index is 11.8. The number of nitrogens with one attached hydrogen (secondary N) is 1. The minimum absolute atomic E-state index is 0.0207. The predicted octanol–water partition coefficient (Wildman–Crippen LogP) is 2.64. The Morgan fingerprint density at radius 2 is 2.00 bits per heavy atom. The number of nitrogens with zero attached hydrogens (tertiary/aromatic N) is 1. The van der Waals surface area contributed by atoms with Crippen molar-refractivity contribution < 1.29 is 14.7 Å². The van der Waals surface area contributed by atoms with Crippen LogP contribution in [0.4, 0.5) is 5.69 Å². The summed E-state index contributed by atoms with van der Waals surface area (Å²) in [5, 5.41) is 14.7. The lowest BCUT2D eigenvalue weighted by Gasteiger charge is -2.19. The molecule has 1 aromatic carbocycles. The van der Waals surface area contributed by atoms with Gasteiger partial charge in [0.05, 0.1) is 11.3 Å². The van der Waals surface area contributed by atoms with E-state index in [1.165, 1.54) is 0 Å². The number of oxime groups is 1. The Hall–Kier alpha value is -1.88. The van der Waals surface area contributed by atoms with Crippen LogP contribution in [0.1, 0.15) is 33.3 Å². The van der Waals surface area contributed by atoms with Gasteiger partial charge in [-0.2, -0.15) is 0 Å². The van der Waals surface area contributed by atoms with Crippen LogP contribution in [0, 0.1) is 0 Å². The quantitative estimate of drug-likeness (QED) is 0.499. The second kappa shape index (κ2) is 6.33. The number of anilines is 1. The Morgan fingerprint density at radius 1 is 1.37 bits per heavy atom. The molecule has 2 N–H and O–H groups in total. The van der Waals surface area contributed by atoms with Gasteiger partial charge in [0.1, 0.15) is 6.61 Å². The van der Waals surface area contributed by atoms with E-state index in [4.69, 9.17) is 9.94 Å². The molecule has 0 atom stereocenters. The van der Waals surface area contributed by atoms with Crippen molar-refractivity contribution in [3.05, 3.63) is 29.8 Å². The molecule has 0 aliphatic heterocycles. The number of hydrogen-bond acceptors (Lipinski definition) is 4. The fraction of sp³-hybridized carbons (Fsp3) is 0.429. The van der Waals surface area contributed by atoms with E-state index >= 15 is 0 Å². The third-order valence-corrected chi connectivity index (χ3v) is 2.38. The van der Waals surface area contributed by atoms with Crippen molar-refractivity contribution in [2.75, 3.05) is 11.9 Å². The molecule has 0 radical (unpaired) electrons. The first-order valence-corrected chi connectivity index (χ1v) is 6.05. The molecule has 0 fully saturated rings. The summed E-state index contributed by atoms with van der Waals surface area (Å²) in [5.74, 6) is -0.242. The van der Waals surface area contributed by atoms with Gasteiger partial charge in [-0.25, -0.2) is 0 Å². The third-order valence-electron chi connectivity index (χ3n) is 2.38. The number of carbonyl (C=O) groups excluding carboxylic acids is 1. The molecule has 5 nitrogen and oxygen atoms in total. The highest BCUT2D eigenvalue weighted by Gasteiger charge is 2.14. The highest BCUT2D eigenvalue weighted by atomic mass is 16.5. The molecule has 0 heterocycles. The van der Waals surface area contributed by atoms with Crippen LogP contribution < -0.4 is 5.32 Å². The summed E-state index contributed by atoms with van der Waals surface area (Å²) in [6.07, 6.45) is 0. The second-order valence-electron chi connectivity index (χ2n) is 5.18. The molecule has 0 aliphatic rings. The zero-order chi connectivity index (χ0) is 14.5. The lowest BCUT2D eigenvalue weighted by molar-refractivity contribution is -0.125. The second-order valence-corrected chi connectivity index (χ2v) is 5.18. The molecule has 5 heteroatoms. The van der Waals surface area contributed by atoms with Crippen molar-refractivity contribution in [3.8, 4) is 0 Å². The van der Waals surface area contributed by atoms with Gasteiger partial charge < -0.3 is 15.3 Å². The molecule has 0 aliphatic carbocycles. The molecule has 1 aromatic rings. The topological polar surface area (TPSA) is 70.9 Å². The Labute approximate surface area is 113 Å².